The molecule has 0 saturated carbocycles. The number of nitrogens with zero attached hydrogens (tertiary/aromatic N) is 3. The molecule has 0 N–H and O–H groups in total. The van der Waals surface area contributed by atoms with Crippen molar-refractivity contribution in [2.24, 2.45) is 0 Å². The van der Waals surface area contributed by atoms with Crippen LogP contribution in [-0.2, 0) is 5.41 Å². The summed E-state index contributed by atoms with van der Waals surface area (Å²) < 4.78 is 4.85. The van der Waals surface area contributed by atoms with Gasteiger partial charge < -0.3 is 9.13 Å². The molecule has 0 fully saturated rings. The fraction of sp³-hybridized carbons (Fsp3) is 0.0882. The molecule has 1 aliphatic rings. The molecule has 8 rings (SSSR count). The molecule has 3 nitrogen and oxygen atoms in total. The Hall–Kier alpha value is -4.63. The molecule has 3 aromatic heterocycles. The van der Waals surface area contributed by atoms with E-state index >= 15 is 0 Å². The number of rotatable bonds is 2. The summed E-state index contributed by atoms with van der Waals surface area (Å²) >= 11 is 0. The second kappa shape index (κ2) is 7.21. The first-order chi connectivity index (χ1) is 18.1. The van der Waals surface area contributed by atoms with Gasteiger partial charge in [0.1, 0.15) is 0 Å². The Morgan fingerprint density at radius 3 is 1.81 bits per heavy atom. The van der Waals surface area contributed by atoms with Gasteiger partial charge in [0.05, 0.1) is 22.2 Å². The van der Waals surface area contributed by atoms with E-state index in [1.54, 1.807) is 0 Å². The van der Waals surface area contributed by atoms with E-state index in [1.165, 1.54) is 49.5 Å². The topological polar surface area (TPSA) is 22.8 Å². The molecule has 3 heteroatoms. The number of hydrogen-bond donors (Lipinski definition) is 0. The first-order valence-electron chi connectivity index (χ1n) is 12.8. The average molecular weight is 476 g/mol. The van der Waals surface area contributed by atoms with Crippen LogP contribution in [0.3, 0.4) is 0 Å². The summed E-state index contributed by atoms with van der Waals surface area (Å²) in [4.78, 5) is 4.86. The SMILES string of the molecule is CC1(C)c2cccnc2-c2c1n(-c1cccc(-n3c4ccccc4c4ccccc43)c1)c1ccccc21. The molecule has 37 heavy (non-hydrogen) atoms. The summed E-state index contributed by atoms with van der Waals surface area (Å²) in [6.45, 7) is 4.65. The van der Waals surface area contributed by atoms with Crippen LogP contribution in [0.15, 0.2) is 115 Å². The van der Waals surface area contributed by atoms with Crippen molar-refractivity contribution in [1.29, 1.82) is 0 Å². The molecule has 0 amide bonds. The van der Waals surface area contributed by atoms with Crippen molar-refractivity contribution in [2.45, 2.75) is 19.3 Å². The Bertz CT molecular complexity index is 1970. The zero-order chi connectivity index (χ0) is 24.7. The minimum absolute atomic E-state index is 0.166. The van der Waals surface area contributed by atoms with E-state index in [2.05, 4.69) is 132 Å². The van der Waals surface area contributed by atoms with Crippen molar-refractivity contribution < 1.29 is 0 Å². The van der Waals surface area contributed by atoms with Crippen molar-refractivity contribution in [2.75, 3.05) is 0 Å². The third kappa shape index (κ3) is 2.63. The van der Waals surface area contributed by atoms with Gasteiger partial charge >= 0.3 is 0 Å². The average Bonchev–Trinajstić information content (AvgIpc) is 3.54. The fourth-order valence-electron chi connectivity index (χ4n) is 6.55. The van der Waals surface area contributed by atoms with Crippen LogP contribution in [0.1, 0.15) is 25.1 Å². The number of pyridine rings is 1. The van der Waals surface area contributed by atoms with Crippen LogP contribution in [0, 0.1) is 0 Å². The largest absolute Gasteiger partial charge is 0.312 e. The second-order valence-corrected chi connectivity index (χ2v) is 10.5. The summed E-state index contributed by atoms with van der Waals surface area (Å²) in [5, 5.41) is 3.81. The minimum atomic E-state index is -0.166. The van der Waals surface area contributed by atoms with E-state index < -0.39 is 0 Å². The van der Waals surface area contributed by atoms with Crippen molar-refractivity contribution >= 4 is 32.7 Å². The van der Waals surface area contributed by atoms with E-state index in [0.29, 0.717) is 0 Å². The quantitative estimate of drug-likeness (QED) is 0.246. The summed E-state index contributed by atoms with van der Waals surface area (Å²) in [5.41, 5.74) is 10.8. The smallest absolute Gasteiger partial charge is 0.0768 e. The fourth-order valence-corrected chi connectivity index (χ4v) is 6.55. The van der Waals surface area contributed by atoms with Gasteiger partial charge in [-0.15, -0.1) is 0 Å². The highest BCUT2D eigenvalue weighted by molar-refractivity contribution is 6.09. The number of fused-ring (bicyclic) bond motifs is 8. The molecule has 0 radical (unpaired) electrons. The maximum Gasteiger partial charge on any atom is 0.0768 e. The first kappa shape index (κ1) is 20.6. The Labute approximate surface area is 215 Å². The summed E-state index contributed by atoms with van der Waals surface area (Å²) in [6.07, 6.45) is 1.92. The van der Waals surface area contributed by atoms with Crippen molar-refractivity contribution in [3.63, 3.8) is 0 Å². The maximum absolute atomic E-state index is 4.86. The molecule has 7 aromatic rings. The molecule has 0 saturated heterocycles. The molecule has 3 heterocycles. The van der Waals surface area contributed by atoms with E-state index in [-0.39, 0.29) is 5.41 Å². The van der Waals surface area contributed by atoms with E-state index in [1.807, 2.05) is 6.20 Å². The van der Waals surface area contributed by atoms with Crippen LogP contribution >= 0.6 is 0 Å². The minimum Gasteiger partial charge on any atom is -0.312 e. The molecule has 0 aliphatic heterocycles. The summed E-state index contributed by atoms with van der Waals surface area (Å²) in [7, 11) is 0. The first-order valence-corrected chi connectivity index (χ1v) is 12.8. The van der Waals surface area contributed by atoms with Crippen LogP contribution in [0.25, 0.3) is 55.3 Å². The number of hydrogen-bond acceptors (Lipinski definition) is 1. The summed E-state index contributed by atoms with van der Waals surface area (Å²) in [5.74, 6) is 0. The van der Waals surface area contributed by atoms with E-state index in [4.69, 9.17) is 4.98 Å². The lowest BCUT2D eigenvalue weighted by Gasteiger charge is -2.24. The number of para-hydroxylation sites is 3. The van der Waals surface area contributed by atoms with Crippen LogP contribution in [0.2, 0.25) is 0 Å². The molecule has 0 atom stereocenters. The van der Waals surface area contributed by atoms with E-state index in [0.717, 1.165) is 17.1 Å². The van der Waals surface area contributed by atoms with Gasteiger partial charge in [0.25, 0.3) is 0 Å². The number of aromatic nitrogens is 3. The van der Waals surface area contributed by atoms with Gasteiger partial charge in [0.2, 0.25) is 0 Å². The van der Waals surface area contributed by atoms with Gasteiger partial charge in [0, 0.05) is 50.4 Å². The maximum atomic E-state index is 4.86. The normalized spacial score (nSPS) is 13.9. The van der Waals surface area contributed by atoms with Gasteiger partial charge in [-0.05, 0) is 48.0 Å². The predicted molar refractivity (Wildman–Crippen MR) is 153 cm³/mol. The molecule has 176 valence electrons. The third-order valence-electron chi connectivity index (χ3n) is 8.11. The molecular formula is C34H25N3. The standard InChI is InChI=1S/C34H25N3/c1-34(2)27-16-10-20-35-32(27)31-26-15-5-8-19-30(26)37(33(31)34)23-12-9-11-22(21-23)36-28-17-6-3-13-24(28)25-14-4-7-18-29(25)36/h3-21H,1-2H3. The highest BCUT2D eigenvalue weighted by atomic mass is 15.0. The lowest BCUT2D eigenvalue weighted by Crippen LogP contribution is -2.20. The Kier molecular flexibility index (Phi) is 4.00. The highest BCUT2D eigenvalue weighted by Crippen LogP contribution is 2.52. The van der Waals surface area contributed by atoms with Crippen molar-refractivity contribution in [1.82, 2.24) is 14.1 Å². The Morgan fingerprint density at radius 2 is 1.14 bits per heavy atom. The van der Waals surface area contributed by atoms with Gasteiger partial charge in [-0.3, -0.25) is 4.98 Å². The number of benzene rings is 4. The van der Waals surface area contributed by atoms with Gasteiger partial charge in [-0.2, -0.15) is 0 Å². The predicted octanol–water partition coefficient (Wildman–Crippen LogP) is 8.43. The van der Waals surface area contributed by atoms with Crippen LogP contribution in [-0.4, -0.2) is 14.1 Å². The lowest BCUT2D eigenvalue weighted by molar-refractivity contribution is 0.622. The zero-order valence-corrected chi connectivity index (χ0v) is 20.8. The van der Waals surface area contributed by atoms with E-state index in [9.17, 15) is 0 Å². The molecule has 4 aromatic carbocycles. The molecular weight excluding hydrogens is 450 g/mol. The Morgan fingerprint density at radius 1 is 0.568 bits per heavy atom. The molecule has 0 unspecified atom stereocenters. The zero-order valence-electron chi connectivity index (χ0n) is 20.8. The summed E-state index contributed by atoms with van der Waals surface area (Å²) in [6, 6.07) is 39.4. The van der Waals surface area contributed by atoms with Crippen LogP contribution in [0.5, 0.6) is 0 Å². The van der Waals surface area contributed by atoms with Crippen LogP contribution < -0.4 is 0 Å². The van der Waals surface area contributed by atoms with Crippen molar-refractivity contribution in [3.8, 4) is 22.6 Å². The highest BCUT2D eigenvalue weighted by Gasteiger charge is 2.41. The third-order valence-corrected chi connectivity index (χ3v) is 8.11. The van der Waals surface area contributed by atoms with Gasteiger partial charge in [-0.1, -0.05) is 80.6 Å². The van der Waals surface area contributed by atoms with Crippen LogP contribution in [0.4, 0.5) is 0 Å². The Balaban J connectivity index is 1.45. The molecule has 0 bridgehead atoms. The lowest BCUT2D eigenvalue weighted by atomic mass is 9.86. The van der Waals surface area contributed by atoms with Crippen molar-refractivity contribution in [3.05, 3.63) is 127 Å². The van der Waals surface area contributed by atoms with Gasteiger partial charge in [-0.25, -0.2) is 0 Å². The van der Waals surface area contributed by atoms with Gasteiger partial charge in [0.15, 0.2) is 0 Å². The second-order valence-electron chi connectivity index (χ2n) is 10.5. The molecule has 0 spiro atoms. The monoisotopic (exact) mass is 475 g/mol. The molecule has 1 aliphatic carbocycles.